The first kappa shape index (κ1) is 35.4. The van der Waals surface area contributed by atoms with Gasteiger partial charge in [0.15, 0.2) is 0 Å². The number of carboxylic acids is 1. The Kier molecular flexibility index (Phi) is 8.66. The minimum atomic E-state index is -4.26. The second-order valence-electron chi connectivity index (χ2n) is 16.0. The number of ether oxygens (including phenoxy) is 2. The van der Waals surface area contributed by atoms with Crippen molar-refractivity contribution >= 4 is 23.5 Å². The number of fused-ring (bicyclic) bond motifs is 2. The van der Waals surface area contributed by atoms with Crippen molar-refractivity contribution in [3.63, 3.8) is 0 Å². The van der Waals surface area contributed by atoms with E-state index in [9.17, 15) is 27.9 Å². The fraction of sp³-hybridized carbons (Fsp3) is 0.694. The van der Waals surface area contributed by atoms with Crippen molar-refractivity contribution in [3.05, 3.63) is 35.3 Å². The van der Waals surface area contributed by atoms with E-state index in [1.54, 1.807) is 11.1 Å². The van der Waals surface area contributed by atoms with E-state index >= 15 is 8.78 Å². The van der Waals surface area contributed by atoms with Gasteiger partial charge in [-0.1, -0.05) is 0 Å². The van der Waals surface area contributed by atoms with Gasteiger partial charge in [0, 0.05) is 57.4 Å². The average Bonchev–Trinajstić information content (AvgIpc) is 3.38. The predicted molar refractivity (Wildman–Crippen MR) is 176 cm³/mol. The third-order valence-corrected chi connectivity index (χ3v) is 12.6. The van der Waals surface area contributed by atoms with Crippen LogP contribution in [0.5, 0.6) is 5.88 Å². The lowest BCUT2D eigenvalue weighted by molar-refractivity contribution is -0.163. The molecule has 4 saturated carbocycles. The SMILES string of the molecule is CC(F)(F)c1nc(N2CC3(CCOCC3)c3cc(OC4CCN(CC(F)(F)F)CC4)ncc32)ncc1C(=O)NC1(C(=O)O)C2CC3CC(C2)CC1C3. The van der Waals surface area contributed by atoms with Crippen LogP contribution < -0.4 is 15.0 Å². The van der Waals surface area contributed by atoms with Crippen molar-refractivity contribution in [2.45, 2.75) is 93.9 Å². The second kappa shape index (κ2) is 12.7. The van der Waals surface area contributed by atoms with E-state index in [1.165, 1.54) is 4.90 Å². The summed E-state index contributed by atoms with van der Waals surface area (Å²) in [6.45, 7) is 1.47. The summed E-state index contributed by atoms with van der Waals surface area (Å²) in [5.74, 6) is -5.02. The minimum Gasteiger partial charge on any atom is -0.479 e. The van der Waals surface area contributed by atoms with Crippen molar-refractivity contribution < 1.29 is 46.1 Å². The van der Waals surface area contributed by atoms with Gasteiger partial charge in [-0.25, -0.2) is 19.7 Å². The molecule has 2 aromatic rings. The summed E-state index contributed by atoms with van der Waals surface area (Å²) in [5, 5.41) is 13.3. The molecular formula is C36H43F5N6O5. The first-order valence-corrected chi connectivity index (χ1v) is 18.3. The lowest BCUT2D eigenvalue weighted by atomic mass is 9.48. The van der Waals surface area contributed by atoms with E-state index in [4.69, 9.17) is 9.47 Å². The summed E-state index contributed by atoms with van der Waals surface area (Å²) in [4.78, 5) is 43.1. The van der Waals surface area contributed by atoms with E-state index in [0.717, 1.165) is 18.2 Å². The lowest BCUT2D eigenvalue weighted by Gasteiger charge is -2.59. The topological polar surface area (TPSA) is 130 Å². The number of halogens is 5. The van der Waals surface area contributed by atoms with Crippen molar-refractivity contribution in [2.24, 2.45) is 23.7 Å². The molecule has 4 bridgehead atoms. The van der Waals surface area contributed by atoms with Crippen LogP contribution in [0.15, 0.2) is 18.5 Å². The summed E-state index contributed by atoms with van der Waals surface area (Å²) in [6, 6.07) is 1.82. The average molecular weight is 735 g/mol. The van der Waals surface area contributed by atoms with Gasteiger partial charge in [-0.2, -0.15) is 22.0 Å². The van der Waals surface area contributed by atoms with Crippen LogP contribution in [0.1, 0.15) is 86.3 Å². The standard InChI is InChI=1S/C36H43F5N6O5/c1-33(37,38)29-25(30(48)45-36(31(49)50)22-11-20-10-21(13-22)14-23(36)12-20)16-43-32(44-29)47-18-34(4-8-51-9-5-34)26-15-28(42-17-27(26)47)52-24-2-6-46(7-3-24)19-35(39,40)41/h15-17,20-24H,2-14,18-19H2,1H3,(H,45,48)(H,49,50). The fourth-order valence-corrected chi connectivity index (χ4v) is 10.4. The van der Waals surface area contributed by atoms with Gasteiger partial charge in [0.05, 0.1) is 24.0 Å². The molecule has 0 aromatic carbocycles. The molecule has 2 N–H and O–H groups in total. The Morgan fingerprint density at radius 1 is 1.00 bits per heavy atom. The number of carbonyl (C=O) groups excluding carboxylic acids is 1. The summed E-state index contributed by atoms with van der Waals surface area (Å²) >= 11 is 0. The largest absolute Gasteiger partial charge is 0.479 e. The van der Waals surface area contributed by atoms with Crippen molar-refractivity contribution in [1.29, 1.82) is 0 Å². The molecule has 6 fully saturated rings. The molecule has 0 radical (unpaired) electrons. The highest BCUT2D eigenvalue weighted by atomic mass is 19.4. The number of rotatable bonds is 8. The Labute approximate surface area is 297 Å². The van der Waals surface area contributed by atoms with Gasteiger partial charge in [-0.3, -0.25) is 9.69 Å². The Morgan fingerprint density at radius 2 is 1.65 bits per heavy atom. The number of aliphatic carboxylic acids is 1. The Hall–Kier alpha value is -3.66. The molecule has 0 atom stereocenters. The number of nitrogens with zero attached hydrogens (tertiary/aromatic N) is 5. The zero-order chi connectivity index (χ0) is 36.6. The van der Waals surface area contributed by atoms with Gasteiger partial charge < -0.3 is 24.8 Å². The summed E-state index contributed by atoms with van der Waals surface area (Å²) in [6.07, 6.45) is 3.97. The Balaban J connectivity index is 1.07. The molecule has 9 rings (SSSR count). The normalized spacial score (nSPS) is 30.1. The third kappa shape index (κ3) is 6.26. The van der Waals surface area contributed by atoms with Crippen molar-refractivity contribution in [1.82, 2.24) is 25.2 Å². The first-order chi connectivity index (χ1) is 24.6. The molecular weight excluding hydrogens is 691 g/mol. The smallest absolute Gasteiger partial charge is 0.401 e. The van der Waals surface area contributed by atoms with Gasteiger partial charge in [0.25, 0.3) is 11.8 Å². The number of amides is 1. The van der Waals surface area contributed by atoms with Crippen LogP contribution in [-0.2, 0) is 20.9 Å². The number of aromatic nitrogens is 3. The molecule has 16 heteroatoms. The summed E-state index contributed by atoms with van der Waals surface area (Å²) < 4.78 is 81.2. The third-order valence-electron chi connectivity index (χ3n) is 12.6. The van der Waals surface area contributed by atoms with Crippen molar-refractivity contribution in [3.8, 4) is 5.88 Å². The molecule has 1 spiro atoms. The van der Waals surface area contributed by atoms with Crippen LogP contribution >= 0.6 is 0 Å². The molecule has 11 nitrogen and oxygen atoms in total. The van der Waals surface area contributed by atoms with Crippen LogP contribution in [0.2, 0.25) is 0 Å². The monoisotopic (exact) mass is 734 g/mol. The number of carboxylic acid groups (broad SMARTS) is 1. The number of likely N-dealkylation sites (tertiary alicyclic amines) is 1. The van der Waals surface area contributed by atoms with E-state index in [1.807, 2.05) is 6.07 Å². The van der Waals surface area contributed by atoms with Crippen LogP contribution in [-0.4, -0.2) is 94.0 Å². The number of hydrogen-bond acceptors (Lipinski definition) is 9. The number of pyridine rings is 1. The van der Waals surface area contributed by atoms with Crippen LogP contribution in [0, 0.1) is 23.7 Å². The highest BCUT2D eigenvalue weighted by Crippen LogP contribution is 2.58. The van der Waals surface area contributed by atoms with Gasteiger partial charge in [-0.15, -0.1) is 0 Å². The molecule has 2 aromatic heterocycles. The Bertz CT molecular complexity index is 1690. The highest BCUT2D eigenvalue weighted by molar-refractivity contribution is 5.99. The molecule has 1 amide bonds. The zero-order valence-electron chi connectivity index (χ0n) is 28.9. The van der Waals surface area contributed by atoms with Crippen LogP contribution in [0.25, 0.3) is 0 Å². The minimum absolute atomic E-state index is 0.0484. The number of anilines is 2. The lowest BCUT2D eigenvalue weighted by Crippen LogP contribution is -2.70. The maximum Gasteiger partial charge on any atom is 0.401 e. The quantitative estimate of drug-likeness (QED) is 0.331. The van der Waals surface area contributed by atoms with E-state index in [0.29, 0.717) is 101 Å². The second-order valence-corrected chi connectivity index (χ2v) is 16.0. The molecule has 2 saturated heterocycles. The Morgan fingerprint density at radius 3 is 2.25 bits per heavy atom. The first-order valence-electron chi connectivity index (χ1n) is 18.3. The fourth-order valence-electron chi connectivity index (χ4n) is 10.4. The molecule has 0 unspecified atom stereocenters. The number of carbonyl (C=O) groups is 2. The van der Waals surface area contributed by atoms with Crippen LogP contribution in [0.3, 0.4) is 0 Å². The summed E-state index contributed by atoms with van der Waals surface area (Å²) in [5.41, 5.74) is -1.80. The molecule has 5 heterocycles. The molecule has 3 aliphatic heterocycles. The molecule has 52 heavy (non-hydrogen) atoms. The number of hydrogen-bond donors (Lipinski definition) is 2. The van der Waals surface area contributed by atoms with Crippen LogP contribution in [0.4, 0.5) is 33.6 Å². The number of piperidine rings is 1. The zero-order valence-corrected chi connectivity index (χ0v) is 28.9. The van der Waals surface area contributed by atoms with E-state index < -0.39 is 52.7 Å². The van der Waals surface area contributed by atoms with E-state index in [2.05, 4.69) is 20.3 Å². The van der Waals surface area contributed by atoms with Gasteiger partial charge >= 0.3 is 12.1 Å². The van der Waals surface area contributed by atoms with Crippen molar-refractivity contribution in [2.75, 3.05) is 44.3 Å². The maximum atomic E-state index is 15.4. The highest BCUT2D eigenvalue weighted by Gasteiger charge is 2.62. The number of nitrogens with one attached hydrogen (secondary N) is 1. The summed E-state index contributed by atoms with van der Waals surface area (Å²) in [7, 11) is 0. The number of alkyl halides is 5. The molecule has 4 aliphatic carbocycles. The molecule has 282 valence electrons. The van der Waals surface area contributed by atoms with E-state index in [-0.39, 0.29) is 37.0 Å². The molecule has 7 aliphatic rings. The van der Waals surface area contributed by atoms with Gasteiger partial charge in [0.1, 0.15) is 17.3 Å². The maximum absolute atomic E-state index is 15.4. The van der Waals surface area contributed by atoms with Gasteiger partial charge in [0.2, 0.25) is 11.8 Å². The van der Waals surface area contributed by atoms with Gasteiger partial charge in [-0.05, 0) is 87.0 Å². The predicted octanol–water partition coefficient (Wildman–Crippen LogP) is 5.60.